The van der Waals surface area contributed by atoms with Crippen LogP contribution in [0.4, 0.5) is 13.2 Å². The molecular weight excluding hydrogens is 547 g/mol. The molecule has 40 heavy (non-hydrogen) atoms. The first-order chi connectivity index (χ1) is 18.9. The second-order valence-electron chi connectivity index (χ2n) is 9.54. The summed E-state index contributed by atoms with van der Waals surface area (Å²) in [6, 6.07) is 17.6. The monoisotopic (exact) mass is 575 g/mol. The standard InChI is InChI=1S/C28H28F3N3O5S/c1-33(25(26(35)32-37)21-15-17-34(18-16-21)27(36)22-5-3-2-4-6-22)40(38,39)24-13-9-20(10-14-24)19-7-11-23(12-8-19)28(29,30)31/h2-14,21,25,37H,15-18H2,1H3,(H,32,35)/t25-/m1/s1. The molecule has 0 aromatic heterocycles. The Morgan fingerprint density at radius 3 is 1.95 bits per heavy atom. The summed E-state index contributed by atoms with van der Waals surface area (Å²) in [5, 5.41) is 9.39. The maximum Gasteiger partial charge on any atom is 0.416 e. The molecule has 212 valence electrons. The smallest absolute Gasteiger partial charge is 0.339 e. The van der Waals surface area contributed by atoms with Gasteiger partial charge in [0.15, 0.2) is 0 Å². The summed E-state index contributed by atoms with van der Waals surface area (Å²) in [6.07, 6.45) is -3.79. The lowest BCUT2D eigenvalue weighted by molar-refractivity contribution is -0.137. The first-order valence-electron chi connectivity index (χ1n) is 12.5. The van der Waals surface area contributed by atoms with E-state index in [4.69, 9.17) is 0 Å². The summed E-state index contributed by atoms with van der Waals surface area (Å²) < 4.78 is 66.4. The lowest BCUT2D eigenvalue weighted by Gasteiger charge is -2.38. The van der Waals surface area contributed by atoms with Crippen molar-refractivity contribution in [1.82, 2.24) is 14.7 Å². The fourth-order valence-corrected chi connectivity index (χ4v) is 6.29. The summed E-state index contributed by atoms with van der Waals surface area (Å²) in [5.74, 6) is -1.52. The van der Waals surface area contributed by atoms with Gasteiger partial charge < -0.3 is 4.90 Å². The highest BCUT2D eigenvalue weighted by Gasteiger charge is 2.40. The predicted molar refractivity (Wildman–Crippen MR) is 141 cm³/mol. The van der Waals surface area contributed by atoms with E-state index in [2.05, 4.69) is 0 Å². The van der Waals surface area contributed by atoms with Gasteiger partial charge in [-0.15, -0.1) is 0 Å². The Bertz CT molecular complexity index is 1440. The van der Waals surface area contributed by atoms with Crippen LogP contribution in [0, 0.1) is 5.92 Å². The number of nitrogens with one attached hydrogen (secondary N) is 1. The Labute approximate surface area is 230 Å². The molecule has 0 aliphatic carbocycles. The first-order valence-corrected chi connectivity index (χ1v) is 13.9. The van der Waals surface area contributed by atoms with Crippen molar-refractivity contribution in [3.8, 4) is 11.1 Å². The van der Waals surface area contributed by atoms with Crippen LogP contribution in [-0.4, -0.2) is 60.8 Å². The predicted octanol–water partition coefficient (Wildman–Crippen LogP) is 4.42. The van der Waals surface area contributed by atoms with Crippen LogP contribution in [0.5, 0.6) is 0 Å². The molecule has 2 amide bonds. The number of amides is 2. The Morgan fingerprint density at radius 1 is 0.925 bits per heavy atom. The highest BCUT2D eigenvalue weighted by molar-refractivity contribution is 7.89. The number of hydrogen-bond acceptors (Lipinski definition) is 5. The van der Waals surface area contributed by atoms with Gasteiger partial charge in [-0.25, -0.2) is 13.9 Å². The minimum absolute atomic E-state index is 0.127. The molecule has 0 saturated carbocycles. The van der Waals surface area contributed by atoms with Crippen molar-refractivity contribution in [3.63, 3.8) is 0 Å². The second kappa shape index (κ2) is 11.8. The fourth-order valence-electron chi connectivity index (χ4n) is 4.91. The van der Waals surface area contributed by atoms with Gasteiger partial charge in [-0.1, -0.05) is 42.5 Å². The van der Waals surface area contributed by atoms with E-state index in [1.54, 1.807) is 40.7 Å². The summed E-state index contributed by atoms with van der Waals surface area (Å²) >= 11 is 0. The van der Waals surface area contributed by atoms with Crippen molar-refractivity contribution < 1.29 is 36.4 Å². The van der Waals surface area contributed by atoms with Crippen LogP contribution in [0.3, 0.4) is 0 Å². The number of sulfonamides is 1. The number of piperidine rings is 1. The molecule has 1 aliphatic rings. The van der Waals surface area contributed by atoms with Gasteiger partial charge in [0.25, 0.3) is 11.8 Å². The lowest BCUT2D eigenvalue weighted by atomic mass is 9.88. The number of carbonyl (C=O) groups is 2. The van der Waals surface area contributed by atoms with Crippen LogP contribution in [-0.2, 0) is 21.0 Å². The fraction of sp³-hybridized carbons (Fsp3) is 0.286. The summed E-state index contributed by atoms with van der Waals surface area (Å²) in [7, 11) is -2.96. The largest absolute Gasteiger partial charge is 0.416 e. The van der Waals surface area contributed by atoms with Gasteiger partial charge in [0.1, 0.15) is 6.04 Å². The summed E-state index contributed by atoms with van der Waals surface area (Å²) in [4.78, 5) is 27.0. The van der Waals surface area contributed by atoms with Crippen LogP contribution >= 0.6 is 0 Å². The number of nitrogens with zero attached hydrogens (tertiary/aromatic N) is 2. The molecule has 8 nitrogen and oxygen atoms in total. The number of likely N-dealkylation sites (tertiary alicyclic amines) is 1. The molecule has 0 spiro atoms. The zero-order valence-electron chi connectivity index (χ0n) is 21.5. The Morgan fingerprint density at radius 2 is 1.45 bits per heavy atom. The lowest BCUT2D eigenvalue weighted by Crippen LogP contribution is -2.53. The molecule has 1 heterocycles. The molecule has 12 heteroatoms. The molecule has 0 radical (unpaired) electrons. The van der Waals surface area contributed by atoms with Gasteiger partial charge in [-0.2, -0.15) is 17.5 Å². The molecule has 1 aliphatic heterocycles. The summed E-state index contributed by atoms with van der Waals surface area (Å²) in [5.41, 5.74) is 2.29. The van der Waals surface area contributed by atoms with E-state index in [0.717, 1.165) is 16.4 Å². The van der Waals surface area contributed by atoms with Crippen LogP contribution in [0.1, 0.15) is 28.8 Å². The molecule has 2 N–H and O–H groups in total. The van der Waals surface area contributed by atoms with Crippen molar-refractivity contribution in [1.29, 1.82) is 0 Å². The van der Waals surface area contributed by atoms with E-state index >= 15 is 0 Å². The Balaban J connectivity index is 1.49. The van der Waals surface area contributed by atoms with Crippen molar-refractivity contribution in [3.05, 3.63) is 90.0 Å². The van der Waals surface area contributed by atoms with Gasteiger partial charge >= 0.3 is 6.18 Å². The maximum atomic E-state index is 13.5. The minimum Gasteiger partial charge on any atom is -0.339 e. The van der Waals surface area contributed by atoms with Crippen molar-refractivity contribution in [2.24, 2.45) is 5.92 Å². The highest BCUT2D eigenvalue weighted by atomic mass is 32.2. The van der Waals surface area contributed by atoms with Crippen LogP contribution in [0.25, 0.3) is 11.1 Å². The molecular formula is C28H28F3N3O5S. The zero-order valence-corrected chi connectivity index (χ0v) is 22.3. The number of alkyl halides is 3. The number of likely N-dealkylation sites (N-methyl/N-ethyl adjacent to an activating group) is 1. The molecule has 1 saturated heterocycles. The SMILES string of the molecule is CN([C@@H](C(=O)NO)C1CCN(C(=O)c2ccccc2)CC1)S(=O)(=O)c1ccc(-c2ccc(C(F)(F)F)cc2)cc1. The number of rotatable bonds is 7. The first kappa shape index (κ1) is 29.2. The van der Waals surface area contributed by atoms with Crippen molar-refractivity contribution >= 4 is 21.8 Å². The van der Waals surface area contributed by atoms with Gasteiger partial charge in [-0.05, 0) is 66.3 Å². The molecule has 1 atom stereocenters. The van der Waals surface area contributed by atoms with E-state index in [-0.39, 0.29) is 10.8 Å². The third-order valence-electron chi connectivity index (χ3n) is 7.14. The average molecular weight is 576 g/mol. The van der Waals surface area contributed by atoms with Crippen molar-refractivity contribution in [2.75, 3.05) is 20.1 Å². The van der Waals surface area contributed by atoms with E-state index < -0.39 is 39.6 Å². The second-order valence-corrected chi connectivity index (χ2v) is 11.5. The Kier molecular flexibility index (Phi) is 8.62. The maximum absolute atomic E-state index is 13.5. The van der Waals surface area contributed by atoms with E-state index in [1.165, 1.54) is 43.4 Å². The number of halogens is 3. The Hall–Kier alpha value is -3.74. The molecule has 0 unspecified atom stereocenters. The van der Waals surface area contributed by atoms with Gasteiger partial charge in [-0.3, -0.25) is 14.8 Å². The zero-order chi connectivity index (χ0) is 29.1. The molecule has 0 bridgehead atoms. The molecule has 1 fully saturated rings. The number of hydroxylamine groups is 1. The highest BCUT2D eigenvalue weighted by Crippen LogP contribution is 2.32. The number of carbonyl (C=O) groups excluding carboxylic acids is 2. The van der Waals surface area contributed by atoms with E-state index in [1.807, 2.05) is 0 Å². The van der Waals surface area contributed by atoms with Crippen LogP contribution in [0.15, 0.2) is 83.8 Å². The van der Waals surface area contributed by atoms with Crippen LogP contribution < -0.4 is 5.48 Å². The average Bonchev–Trinajstić information content (AvgIpc) is 2.97. The van der Waals surface area contributed by atoms with Crippen molar-refractivity contribution in [2.45, 2.75) is 30.0 Å². The van der Waals surface area contributed by atoms with Crippen LogP contribution in [0.2, 0.25) is 0 Å². The third-order valence-corrected chi connectivity index (χ3v) is 8.99. The topological polar surface area (TPSA) is 107 Å². The summed E-state index contributed by atoms with van der Waals surface area (Å²) in [6.45, 7) is 0.618. The normalized spacial score (nSPS) is 15.6. The number of hydrogen-bond donors (Lipinski definition) is 2. The molecule has 3 aromatic carbocycles. The van der Waals surface area contributed by atoms with Gasteiger partial charge in [0, 0.05) is 25.7 Å². The third kappa shape index (κ3) is 6.19. The van der Waals surface area contributed by atoms with E-state index in [0.29, 0.717) is 42.6 Å². The number of benzene rings is 3. The molecule has 4 rings (SSSR count). The minimum atomic E-state index is -4.47. The van der Waals surface area contributed by atoms with E-state index in [9.17, 15) is 36.4 Å². The molecule has 3 aromatic rings. The van der Waals surface area contributed by atoms with Gasteiger partial charge in [0.2, 0.25) is 10.0 Å². The van der Waals surface area contributed by atoms with Gasteiger partial charge in [0.05, 0.1) is 10.5 Å². The quantitative estimate of drug-likeness (QED) is 0.321.